The first-order valence-corrected chi connectivity index (χ1v) is 8.05. The molecule has 1 atom stereocenters. The van der Waals surface area contributed by atoms with Gasteiger partial charge in [0.15, 0.2) is 5.96 Å². The highest BCUT2D eigenvalue weighted by atomic mass is 127. The van der Waals surface area contributed by atoms with Crippen LogP contribution in [0.1, 0.15) is 12.0 Å². The zero-order valence-corrected chi connectivity index (χ0v) is 17.1. The maximum atomic E-state index is 12.5. The predicted molar refractivity (Wildman–Crippen MR) is 103 cm³/mol. The van der Waals surface area contributed by atoms with Crippen LogP contribution in [0.3, 0.4) is 0 Å². The highest BCUT2D eigenvalue weighted by Crippen LogP contribution is 2.29. The molecule has 0 aromatic carbocycles. The monoisotopic (exact) mass is 488 g/mol. The van der Waals surface area contributed by atoms with Gasteiger partial charge in [-0.15, -0.1) is 24.0 Å². The first kappa shape index (κ1) is 22.7. The molecule has 1 aliphatic heterocycles. The Labute approximate surface area is 168 Å². The highest BCUT2D eigenvalue weighted by molar-refractivity contribution is 14.0. The minimum absolute atomic E-state index is 0. The van der Waals surface area contributed by atoms with Crippen molar-refractivity contribution in [2.45, 2.75) is 12.6 Å². The van der Waals surface area contributed by atoms with Gasteiger partial charge in [-0.1, -0.05) is 0 Å². The van der Waals surface area contributed by atoms with Crippen molar-refractivity contribution < 1.29 is 22.6 Å². The standard InChI is InChI=1S/C16H23F3N4O2.HI/c1-20-15(23(2)10-12-5-7-24-11-12)21-6-8-25-14-4-3-13(9-22-14)16(17,18)19;/h3-4,9,12H,5-8,10-11H2,1-2H3,(H,20,21);1H. The van der Waals surface area contributed by atoms with Crippen LogP contribution in [0.25, 0.3) is 0 Å². The molecule has 0 spiro atoms. The topological polar surface area (TPSA) is 59.0 Å². The number of pyridine rings is 1. The fourth-order valence-electron chi connectivity index (χ4n) is 2.54. The van der Waals surface area contributed by atoms with Crippen LogP contribution in [0.4, 0.5) is 13.2 Å². The summed E-state index contributed by atoms with van der Waals surface area (Å²) < 4.78 is 48.1. The Hall–Kier alpha value is -1.30. The minimum atomic E-state index is -4.39. The third-order valence-electron chi connectivity index (χ3n) is 3.83. The lowest BCUT2D eigenvalue weighted by Crippen LogP contribution is -2.42. The van der Waals surface area contributed by atoms with E-state index in [4.69, 9.17) is 9.47 Å². The molecule has 1 aromatic heterocycles. The van der Waals surface area contributed by atoms with Crippen molar-refractivity contribution in [3.8, 4) is 5.88 Å². The Kier molecular flexibility index (Phi) is 9.41. The average Bonchev–Trinajstić information content (AvgIpc) is 3.07. The Bertz CT molecular complexity index is 564. The van der Waals surface area contributed by atoms with E-state index >= 15 is 0 Å². The Morgan fingerprint density at radius 1 is 1.46 bits per heavy atom. The molecule has 1 unspecified atom stereocenters. The van der Waals surface area contributed by atoms with Crippen LogP contribution in [-0.2, 0) is 10.9 Å². The molecule has 1 fully saturated rings. The second-order valence-corrected chi connectivity index (χ2v) is 5.82. The van der Waals surface area contributed by atoms with Crippen LogP contribution >= 0.6 is 24.0 Å². The second-order valence-electron chi connectivity index (χ2n) is 5.82. The van der Waals surface area contributed by atoms with Gasteiger partial charge in [0.25, 0.3) is 0 Å². The average molecular weight is 488 g/mol. The van der Waals surface area contributed by atoms with E-state index in [1.165, 1.54) is 6.07 Å². The van der Waals surface area contributed by atoms with Crippen molar-refractivity contribution in [3.63, 3.8) is 0 Å². The van der Waals surface area contributed by atoms with Gasteiger partial charge in [0.1, 0.15) is 6.61 Å². The lowest BCUT2D eigenvalue weighted by molar-refractivity contribution is -0.137. The molecular weight excluding hydrogens is 464 g/mol. The van der Waals surface area contributed by atoms with Gasteiger partial charge in [-0.3, -0.25) is 4.99 Å². The number of rotatable bonds is 6. The molecule has 1 N–H and O–H groups in total. The van der Waals surface area contributed by atoms with Gasteiger partial charge in [-0.25, -0.2) is 4.98 Å². The molecule has 6 nitrogen and oxygen atoms in total. The van der Waals surface area contributed by atoms with E-state index in [0.29, 0.717) is 12.5 Å². The molecule has 0 bridgehead atoms. The van der Waals surface area contributed by atoms with Gasteiger partial charge < -0.3 is 19.7 Å². The van der Waals surface area contributed by atoms with E-state index in [9.17, 15) is 13.2 Å². The number of nitrogens with one attached hydrogen (secondary N) is 1. The molecule has 1 aliphatic rings. The van der Waals surface area contributed by atoms with Crippen LogP contribution in [0, 0.1) is 5.92 Å². The summed E-state index contributed by atoms with van der Waals surface area (Å²) in [6.45, 7) is 3.14. The van der Waals surface area contributed by atoms with Crippen LogP contribution in [0.15, 0.2) is 23.3 Å². The van der Waals surface area contributed by atoms with E-state index in [2.05, 4.69) is 15.3 Å². The Morgan fingerprint density at radius 3 is 2.77 bits per heavy atom. The second kappa shape index (κ2) is 10.8. The molecule has 1 saturated heterocycles. The number of hydrogen-bond donors (Lipinski definition) is 1. The summed E-state index contributed by atoms with van der Waals surface area (Å²) in [4.78, 5) is 9.89. The fourth-order valence-corrected chi connectivity index (χ4v) is 2.54. The Balaban J connectivity index is 0.00000338. The van der Waals surface area contributed by atoms with Crippen molar-refractivity contribution in [2.75, 3.05) is 47.0 Å². The Morgan fingerprint density at radius 2 is 2.23 bits per heavy atom. The molecule has 26 heavy (non-hydrogen) atoms. The molecule has 2 rings (SSSR count). The smallest absolute Gasteiger partial charge is 0.417 e. The molecule has 0 saturated carbocycles. The summed E-state index contributed by atoms with van der Waals surface area (Å²) in [7, 11) is 3.65. The van der Waals surface area contributed by atoms with Gasteiger partial charge in [0.05, 0.1) is 18.7 Å². The van der Waals surface area contributed by atoms with Crippen molar-refractivity contribution >= 4 is 29.9 Å². The number of guanidine groups is 1. The molecule has 0 amide bonds. The van der Waals surface area contributed by atoms with Crippen LogP contribution in [0.5, 0.6) is 5.88 Å². The molecule has 1 aromatic rings. The number of alkyl halides is 3. The summed E-state index contributed by atoms with van der Waals surface area (Å²) in [6.07, 6.45) is -2.59. The molecule has 148 valence electrons. The van der Waals surface area contributed by atoms with Crippen molar-refractivity contribution in [3.05, 3.63) is 23.9 Å². The zero-order chi connectivity index (χ0) is 18.3. The normalized spacial score (nSPS) is 17.6. The predicted octanol–water partition coefficient (Wildman–Crippen LogP) is 2.64. The summed E-state index contributed by atoms with van der Waals surface area (Å²) in [6, 6.07) is 2.16. The molecular formula is C16H24F3IN4O2. The molecule has 2 heterocycles. The van der Waals surface area contributed by atoms with Gasteiger partial charge in [-0.05, 0) is 12.5 Å². The van der Waals surface area contributed by atoms with Gasteiger partial charge >= 0.3 is 6.18 Å². The van der Waals surface area contributed by atoms with E-state index in [-0.39, 0.29) is 36.5 Å². The fraction of sp³-hybridized carbons (Fsp3) is 0.625. The summed E-state index contributed by atoms with van der Waals surface area (Å²) in [5, 5.41) is 3.15. The van der Waals surface area contributed by atoms with Gasteiger partial charge in [-0.2, -0.15) is 13.2 Å². The van der Waals surface area contributed by atoms with Crippen molar-refractivity contribution in [2.24, 2.45) is 10.9 Å². The summed E-state index contributed by atoms with van der Waals surface area (Å²) >= 11 is 0. The molecule has 0 aliphatic carbocycles. The van der Waals surface area contributed by atoms with Crippen molar-refractivity contribution in [1.29, 1.82) is 0 Å². The van der Waals surface area contributed by atoms with E-state index in [1.54, 1.807) is 7.05 Å². The molecule has 10 heteroatoms. The van der Waals surface area contributed by atoms with E-state index in [0.717, 1.165) is 44.4 Å². The third-order valence-corrected chi connectivity index (χ3v) is 3.83. The van der Waals surface area contributed by atoms with Crippen LogP contribution in [-0.4, -0.2) is 62.8 Å². The minimum Gasteiger partial charge on any atom is -0.476 e. The summed E-state index contributed by atoms with van der Waals surface area (Å²) in [5.74, 6) is 1.38. The van der Waals surface area contributed by atoms with Gasteiger partial charge in [0, 0.05) is 45.4 Å². The first-order valence-electron chi connectivity index (χ1n) is 8.05. The van der Waals surface area contributed by atoms with E-state index < -0.39 is 11.7 Å². The SMILES string of the molecule is CN=C(NCCOc1ccc(C(F)(F)F)cn1)N(C)CC1CCOC1.I. The van der Waals surface area contributed by atoms with Crippen molar-refractivity contribution in [1.82, 2.24) is 15.2 Å². The lowest BCUT2D eigenvalue weighted by atomic mass is 10.1. The number of ether oxygens (including phenoxy) is 2. The first-order chi connectivity index (χ1) is 11.9. The summed E-state index contributed by atoms with van der Waals surface area (Å²) in [5.41, 5.74) is -0.795. The number of aliphatic imine (C=N–C) groups is 1. The number of nitrogens with zero attached hydrogens (tertiary/aromatic N) is 3. The maximum absolute atomic E-state index is 12.5. The highest BCUT2D eigenvalue weighted by Gasteiger charge is 2.30. The number of aromatic nitrogens is 1. The largest absolute Gasteiger partial charge is 0.476 e. The zero-order valence-electron chi connectivity index (χ0n) is 14.8. The van der Waals surface area contributed by atoms with Crippen LogP contribution < -0.4 is 10.1 Å². The maximum Gasteiger partial charge on any atom is 0.417 e. The number of hydrogen-bond acceptors (Lipinski definition) is 4. The lowest BCUT2D eigenvalue weighted by Gasteiger charge is -2.24. The van der Waals surface area contributed by atoms with Crippen LogP contribution in [0.2, 0.25) is 0 Å². The third kappa shape index (κ3) is 7.14. The molecule has 0 radical (unpaired) electrons. The van der Waals surface area contributed by atoms with E-state index in [1.807, 2.05) is 11.9 Å². The quantitative estimate of drug-likeness (QED) is 0.289. The number of halogens is 4. The van der Waals surface area contributed by atoms with Gasteiger partial charge in [0.2, 0.25) is 5.88 Å².